The molecule has 128 valence electrons. The summed E-state index contributed by atoms with van der Waals surface area (Å²) in [6.45, 7) is 2.23. The highest BCUT2D eigenvalue weighted by Crippen LogP contribution is 2.55. The summed E-state index contributed by atoms with van der Waals surface area (Å²) in [5.41, 5.74) is 2.54. The molecule has 1 unspecified atom stereocenters. The zero-order valence-electron chi connectivity index (χ0n) is 14.3. The van der Waals surface area contributed by atoms with Crippen LogP contribution in [-0.2, 0) is 11.2 Å². The third kappa shape index (κ3) is 2.10. The lowest BCUT2D eigenvalue weighted by Gasteiger charge is -2.43. The molecule has 4 atom stereocenters. The summed E-state index contributed by atoms with van der Waals surface area (Å²) >= 11 is 0. The molecular weight excluding hydrogens is 306 g/mol. The number of hydrogen-bond donors (Lipinski definition) is 0. The van der Waals surface area contributed by atoms with Crippen LogP contribution in [0.3, 0.4) is 0 Å². The third-order valence-electron chi connectivity index (χ3n) is 5.58. The molecule has 1 heterocycles. The molecular formula is C19H23NO4. The monoisotopic (exact) mass is 329 g/mol. The topological polar surface area (TPSA) is 48.0 Å². The number of hydrogen-bond acceptors (Lipinski definition) is 4. The van der Waals surface area contributed by atoms with E-state index in [9.17, 15) is 4.79 Å². The summed E-state index contributed by atoms with van der Waals surface area (Å²) in [5.74, 6) is 2.31. The molecule has 5 heteroatoms. The zero-order chi connectivity index (χ0) is 16.8. The van der Waals surface area contributed by atoms with Crippen LogP contribution < -0.4 is 9.47 Å². The Kier molecular flexibility index (Phi) is 3.66. The van der Waals surface area contributed by atoms with E-state index in [1.807, 2.05) is 20.0 Å². The number of carbonyl (C=O) groups excluding carboxylic acids is 1. The van der Waals surface area contributed by atoms with Crippen molar-refractivity contribution in [3.63, 3.8) is 0 Å². The van der Waals surface area contributed by atoms with Gasteiger partial charge in [0, 0.05) is 24.6 Å². The maximum absolute atomic E-state index is 12.3. The summed E-state index contributed by atoms with van der Waals surface area (Å²) < 4.78 is 16.9. The summed E-state index contributed by atoms with van der Waals surface area (Å²) in [7, 11) is 3.53. The first-order valence-electron chi connectivity index (χ1n) is 8.58. The molecule has 3 aliphatic rings. The van der Waals surface area contributed by atoms with Gasteiger partial charge in [0.2, 0.25) is 0 Å². The SMILES string of the molecule is CCOC(=O)N(C)[C@@H]1Cc2ccc(OC)c3c2C2[C@H](C=CC[C@H]21)O3. The number of allylic oxidation sites excluding steroid dienone is 1. The number of nitrogens with zero attached hydrogens (tertiary/aromatic N) is 1. The predicted octanol–water partition coefficient (Wildman–Crippen LogP) is 3.13. The minimum atomic E-state index is -0.246. The van der Waals surface area contributed by atoms with E-state index in [0.717, 1.165) is 24.3 Å². The largest absolute Gasteiger partial charge is 0.493 e. The van der Waals surface area contributed by atoms with Crippen LogP contribution in [0.1, 0.15) is 30.4 Å². The van der Waals surface area contributed by atoms with E-state index in [-0.39, 0.29) is 24.2 Å². The van der Waals surface area contributed by atoms with Crippen molar-refractivity contribution in [2.45, 2.75) is 37.8 Å². The van der Waals surface area contributed by atoms with Crippen molar-refractivity contribution < 1.29 is 19.0 Å². The van der Waals surface area contributed by atoms with Crippen molar-refractivity contribution >= 4 is 6.09 Å². The highest BCUT2D eigenvalue weighted by Gasteiger charge is 2.50. The van der Waals surface area contributed by atoms with Gasteiger partial charge in [-0.1, -0.05) is 12.1 Å². The fourth-order valence-electron chi connectivity index (χ4n) is 4.51. The lowest BCUT2D eigenvalue weighted by Crippen LogP contribution is -2.49. The first kappa shape index (κ1) is 15.4. The molecule has 0 bridgehead atoms. The van der Waals surface area contributed by atoms with Gasteiger partial charge in [0.05, 0.1) is 13.7 Å². The van der Waals surface area contributed by atoms with Crippen molar-refractivity contribution in [2.24, 2.45) is 5.92 Å². The van der Waals surface area contributed by atoms with Crippen molar-refractivity contribution in [3.05, 3.63) is 35.4 Å². The average Bonchev–Trinajstić information content (AvgIpc) is 3.00. The smallest absolute Gasteiger partial charge is 0.409 e. The Bertz CT molecular complexity index is 699. The van der Waals surface area contributed by atoms with Crippen LogP contribution >= 0.6 is 0 Å². The van der Waals surface area contributed by atoms with Crippen molar-refractivity contribution in [1.82, 2.24) is 4.90 Å². The molecule has 24 heavy (non-hydrogen) atoms. The number of benzene rings is 1. The van der Waals surface area contributed by atoms with E-state index in [1.165, 1.54) is 11.1 Å². The standard InChI is InChI=1S/C19H23NO4/c1-4-23-19(21)20(2)13-10-11-8-9-15(22-3)18-16(11)17-12(13)6-5-7-14(17)24-18/h5,7-9,12-14,17H,4,6,10H2,1-3H3/t12-,13+,14-,17?/m0/s1. The van der Waals surface area contributed by atoms with Crippen LogP contribution in [0.5, 0.6) is 11.5 Å². The lowest BCUT2D eigenvalue weighted by molar-refractivity contribution is 0.0719. The summed E-state index contributed by atoms with van der Waals surface area (Å²) in [5, 5.41) is 0. The first-order chi connectivity index (χ1) is 11.7. The van der Waals surface area contributed by atoms with Crippen LogP contribution in [-0.4, -0.2) is 43.9 Å². The number of likely N-dealkylation sites (N-methyl/N-ethyl adjacent to an activating group) is 1. The summed E-state index contributed by atoms with van der Waals surface area (Å²) in [6.07, 6.45) is 5.90. The number of carbonyl (C=O) groups is 1. The zero-order valence-corrected chi connectivity index (χ0v) is 14.3. The molecule has 0 saturated carbocycles. The van der Waals surface area contributed by atoms with E-state index >= 15 is 0 Å². The number of ether oxygens (including phenoxy) is 3. The van der Waals surface area contributed by atoms with Crippen LogP contribution in [0.15, 0.2) is 24.3 Å². The fourth-order valence-corrected chi connectivity index (χ4v) is 4.51. The number of rotatable bonds is 3. The molecule has 1 aromatic rings. The Hall–Kier alpha value is -2.17. The van der Waals surface area contributed by atoms with E-state index in [0.29, 0.717) is 12.5 Å². The minimum absolute atomic E-state index is 0.0344. The van der Waals surface area contributed by atoms with Gasteiger partial charge in [-0.2, -0.15) is 0 Å². The molecule has 5 nitrogen and oxygen atoms in total. The highest BCUT2D eigenvalue weighted by atomic mass is 16.6. The van der Waals surface area contributed by atoms with Gasteiger partial charge in [-0.3, -0.25) is 0 Å². The number of amides is 1. The molecule has 0 fully saturated rings. The predicted molar refractivity (Wildman–Crippen MR) is 89.7 cm³/mol. The third-order valence-corrected chi connectivity index (χ3v) is 5.58. The Morgan fingerprint density at radius 2 is 2.25 bits per heavy atom. The molecule has 0 radical (unpaired) electrons. The highest BCUT2D eigenvalue weighted by molar-refractivity contribution is 5.68. The second kappa shape index (κ2) is 5.72. The average molecular weight is 329 g/mol. The molecule has 1 aromatic carbocycles. The minimum Gasteiger partial charge on any atom is -0.493 e. The maximum Gasteiger partial charge on any atom is 0.409 e. The van der Waals surface area contributed by atoms with E-state index in [2.05, 4.69) is 18.2 Å². The van der Waals surface area contributed by atoms with Crippen LogP contribution in [0.25, 0.3) is 0 Å². The first-order valence-corrected chi connectivity index (χ1v) is 8.58. The van der Waals surface area contributed by atoms with Gasteiger partial charge in [0.25, 0.3) is 0 Å². The van der Waals surface area contributed by atoms with Crippen molar-refractivity contribution in [2.75, 3.05) is 20.8 Å². The maximum atomic E-state index is 12.3. The van der Waals surface area contributed by atoms with E-state index in [1.54, 1.807) is 12.0 Å². The number of methoxy groups -OCH3 is 1. The molecule has 0 aromatic heterocycles. The van der Waals surface area contributed by atoms with Gasteiger partial charge >= 0.3 is 6.09 Å². The van der Waals surface area contributed by atoms with Gasteiger partial charge in [0.15, 0.2) is 11.5 Å². The molecule has 1 amide bonds. The van der Waals surface area contributed by atoms with Crippen LogP contribution in [0.2, 0.25) is 0 Å². The Balaban J connectivity index is 1.76. The molecule has 0 saturated heterocycles. The lowest BCUT2D eigenvalue weighted by atomic mass is 9.67. The summed E-state index contributed by atoms with van der Waals surface area (Å²) in [4.78, 5) is 14.0. The Labute approximate surface area is 142 Å². The Morgan fingerprint density at radius 1 is 1.42 bits per heavy atom. The van der Waals surface area contributed by atoms with Crippen molar-refractivity contribution in [1.29, 1.82) is 0 Å². The molecule has 0 N–H and O–H groups in total. The van der Waals surface area contributed by atoms with Gasteiger partial charge in [-0.15, -0.1) is 0 Å². The van der Waals surface area contributed by atoms with Gasteiger partial charge in [0.1, 0.15) is 6.10 Å². The normalized spacial score (nSPS) is 28.8. The van der Waals surface area contributed by atoms with E-state index in [4.69, 9.17) is 14.2 Å². The molecule has 1 aliphatic heterocycles. The van der Waals surface area contributed by atoms with Crippen molar-refractivity contribution in [3.8, 4) is 11.5 Å². The van der Waals surface area contributed by atoms with Crippen LogP contribution in [0, 0.1) is 5.92 Å². The van der Waals surface area contributed by atoms with E-state index < -0.39 is 0 Å². The molecule has 0 spiro atoms. The second-order valence-electron chi connectivity index (χ2n) is 6.69. The second-order valence-corrected chi connectivity index (χ2v) is 6.69. The molecule has 4 rings (SSSR count). The quantitative estimate of drug-likeness (QED) is 0.800. The van der Waals surface area contributed by atoms with Gasteiger partial charge in [-0.05, 0) is 43.4 Å². The fraction of sp³-hybridized carbons (Fsp3) is 0.526. The van der Waals surface area contributed by atoms with Crippen LogP contribution in [0.4, 0.5) is 4.79 Å². The van der Waals surface area contributed by atoms with Gasteiger partial charge < -0.3 is 19.1 Å². The summed E-state index contributed by atoms with van der Waals surface area (Å²) in [6, 6.07) is 4.21. The molecule has 2 aliphatic carbocycles. The Morgan fingerprint density at radius 3 is 3.00 bits per heavy atom. The van der Waals surface area contributed by atoms with Gasteiger partial charge in [-0.25, -0.2) is 4.79 Å².